The molecule has 0 spiro atoms. The Kier molecular flexibility index (Phi) is 4.77. The zero-order valence-corrected chi connectivity index (χ0v) is 15.5. The molecular formula is C22H17N3OS. The van der Waals surface area contributed by atoms with Gasteiger partial charge in [-0.25, -0.2) is 4.98 Å². The third-order valence-electron chi connectivity index (χ3n) is 4.13. The summed E-state index contributed by atoms with van der Waals surface area (Å²) < 4.78 is 0. The molecule has 0 saturated heterocycles. The quantitative estimate of drug-likeness (QED) is 0.520. The van der Waals surface area contributed by atoms with Crippen LogP contribution in [0.25, 0.3) is 21.8 Å². The highest BCUT2D eigenvalue weighted by Crippen LogP contribution is 2.29. The summed E-state index contributed by atoms with van der Waals surface area (Å²) in [4.78, 5) is 21.2. The summed E-state index contributed by atoms with van der Waals surface area (Å²) in [5.41, 5.74) is 5.35. The van der Waals surface area contributed by atoms with E-state index in [4.69, 9.17) is 4.98 Å². The lowest BCUT2D eigenvalue weighted by atomic mass is 10.1. The minimum atomic E-state index is -0.119. The van der Waals surface area contributed by atoms with Gasteiger partial charge in [-0.1, -0.05) is 29.8 Å². The molecule has 2 aromatic heterocycles. The number of carbonyl (C=O) groups excluding carboxylic acids is 1. The summed E-state index contributed by atoms with van der Waals surface area (Å²) in [5, 5.41) is 5.93. The van der Waals surface area contributed by atoms with Crippen molar-refractivity contribution in [1.29, 1.82) is 0 Å². The molecule has 4 rings (SSSR count). The Bertz CT molecular complexity index is 1090. The van der Waals surface area contributed by atoms with Crippen LogP contribution in [-0.4, -0.2) is 15.9 Å². The fraction of sp³-hybridized carbons (Fsp3) is 0.0455. The van der Waals surface area contributed by atoms with Crippen LogP contribution in [0.5, 0.6) is 0 Å². The molecule has 132 valence electrons. The van der Waals surface area contributed by atoms with Crippen molar-refractivity contribution in [2.45, 2.75) is 6.92 Å². The van der Waals surface area contributed by atoms with Gasteiger partial charge in [-0.2, -0.15) is 0 Å². The van der Waals surface area contributed by atoms with E-state index < -0.39 is 0 Å². The number of hydrogen-bond donors (Lipinski definition) is 1. The van der Waals surface area contributed by atoms with E-state index in [0.29, 0.717) is 5.56 Å². The number of benzene rings is 2. The molecule has 0 unspecified atom stereocenters. The van der Waals surface area contributed by atoms with Crippen LogP contribution in [0.3, 0.4) is 0 Å². The lowest BCUT2D eigenvalue weighted by Gasteiger charge is -2.07. The highest BCUT2D eigenvalue weighted by Gasteiger charge is 2.09. The number of carbonyl (C=O) groups is 1. The predicted octanol–water partition coefficient (Wildman–Crippen LogP) is 5.43. The molecule has 1 amide bonds. The maximum absolute atomic E-state index is 12.5. The van der Waals surface area contributed by atoms with E-state index in [1.165, 1.54) is 0 Å². The molecule has 5 heteroatoms. The molecule has 1 N–H and O–H groups in total. The number of aromatic nitrogens is 2. The zero-order chi connectivity index (χ0) is 18.6. The number of nitrogens with zero attached hydrogens (tertiary/aromatic N) is 2. The van der Waals surface area contributed by atoms with Gasteiger partial charge in [-0.15, -0.1) is 11.3 Å². The topological polar surface area (TPSA) is 54.9 Å². The van der Waals surface area contributed by atoms with Gasteiger partial charge in [-0.3, -0.25) is 9.78 Å². The van der Waals surface area contributed by atoms with E-state index >= 15 is 0 Å². The van der Waals surface area contributed by atoms with Crippen LogP contribution in [0.15, 0.2) is 78.4 Å². The Balaban J connectivity index is 1.56. The number of anilines is 1. The number of hydrogen-bond acceptors (Lipinski definition) is 4. The molecule has 0 aliphatic carbocycles. The summed E-state index contributed by atoms with van der Waals surface area (Å²) in [7, 11) is 0. The molecular weight excluding hydrogens is 354 g/mol. The first kappa shape index (κ1) is 17.1. The van der Waals surface area contributed by atoms with Crippen molar-refractivity contribution in [2.75, 3.05) is 5.32 Å². The normalized spacial score (nSPS) is 10.6. The molecule has 0 atom stereocenters. The van der Waals surface area contributed by atoms with Crippen LogP contribution in [0.1, 0.15) is 15.9 Å². The van der Waals surface area contributed by atoms with Gasteiger partial charge < -0.3 is 5.32 Å². The summed E-state index contributed by atoms with van der Waals surface area (Å²) in [6, 6.07) is 19.2. The Morgan fingerprint density at radius 1 is 0.963 bits per heavy atom. The Morgan fingerprint density at radius 3 is 2.59 bits per heavy atom. The highest BCUT2D eigenvalue weighted by molar-refractivity contribution is 7.13. The maximum Gasteiger partial charge on any atom is 0.255 e. The van der Waals surface area contributed by atoms with Crippen LogP contribution in [0.2, 0.25) is 0 Å². The first-order valence-electron chi connectivity index (χ1n) is 8.53. The average molecular weight is 371 g/mol. The molecule has 0 radical (unpaired) electrons. The van der Waals surface area contributed by atoms with E-state index in [2.05, 4.69) is 10.3 Å². The summed E-state index contributed by atoms with van der Waals surface area (Å²) >= 11 is 1.59. The van der Waals surface area contributed by atoms with E-state index in [-0.39, 0.29) is 5.91 Å². The van der Waals surface area contributed by atoms with Crippen LogP contribution < -0.4 is 5.32 Å². The minimum Gasteiger partial charge on any atom is -0.322 e. The van der Waals surface area contributed by atoms with Crippen LogP contribution in [0.4, 0.5) is 5.69 Å². The summed E-state index contributed by atoms with van der Waals surface area (Å²) in [5.74, 6) is -0.119. The molecule has 2 heterocycles. The second-order valence-corrected chi connectivity index (χ2v) is 7.04. The number of pyridine rings is 1. The van der Waals surface area contributed by atoms with Gasteiger partial charge in [0.1, 0.15) is 5.01 Å². The fourth-order valence-electron chi connectivity index (χ4n) is 2.78. The number of amides is 1. The largest absolute Gasteiger partial charge is 0.322 e. The lowest BCUT2D eigenvalue weighted by Crippen LogP contribution is -2.11. The molecule has 4 aromatic rings. The monoisotopic (exact) mass is 371 g/mol. The van der Waals surface area contributed by atoms with E-state index in [0.717, 1.165) is 33.1 Å². The van der Waals surface area contributed by atoms with Gasteiger partial charge in [0.2, 0.25) is 0 Å². The van der Waals surface area contributed by atoms with Gasteiger partial charge in [0.25, 0.3) is 5.91 Å². The van der Waals surface area contributed by atoms with E-state index in [9.17, 15) is 4.79 Å². The molecule has 27 heavy (non-hydrogen) atoms. The fourth-order valence-corrected chi connectivity index (χ4v) is 3.61. The van der Waals surface area contributed by atoms with Crippen molar-refractivity contribution < 1.29 is 4.79 Å². The van der Waals surface area contributed by atoms with Crippen LogP contribution >= 0.6 is 11.3 Å². The molecule has 0 bridgehead atoms. The summed E-state index contributed by atoms with van der Waals surface area (Å²) in [6.07, 6.45) is 3.52. The second kappa shape index (κ2) is 7.51. The molecule has 0 aliphatic rings. The third-order valence-corrected chi connectivity index (χ3v) is 5.02. The van der Waals surface area contributed by atoms with Gasteiger partial charge >= 0.3 is 0 Å². The molecule has 0 saturated carbocycles. The lowest BCUT2D eigenvalue weighted by molar-refractivity contribution is 0.102. The van der Waals surface area contributed by atoms with Gasteiger partial charge in [-0.05, 0) is 43.3 Å². The summed E-state index contributed by atoms with van der Waals surface area (Å²) in [6.45, 7) is 1.97. The first-order chi connectivity index (χ1) is 13.2. The minimum absolute atomic E-state index is 0.119. The molecule has 0 fully saturated rings. The maximum atomic E-state index is 12.5. The second-order valence-electron chi connectivity index (χ2n) is 6.18. The van der Waals surface area contributed by atoms with Crippen molar-refractivity contribution in [3.63, 3.8) is 0 Å². The average Bonchev–Trinajstić information content (AvgIpc) is 3.19. The standard InChI is InChI=1S/C22H17N3OS/c1-15-4-2-6-18(12-15)21(26)24-19-7-3-5-17(13-19)20-14-27-22(25-20)16-8-10-23-11-9-16/h2-14H,1H3,(H,24,26). The van der Waals surface area contributed by atoms with Crippen molar-refractivity contribution >= 4 is 22.9 Å². The van der Waals surface area contributed by atoms with Gasteiger partial charge in [0.05, 0.1) is 5.69 Å². The van der Waals surface area contributed by atoms with Crippen LogP contribution in [0, 0.1) is 6.92 Å². The molecule has 4 nitrogen and oxygen atoms in total. The number of nitrogens with one attached hydrogen (secondary N) is 1. The third kappa shape index (κ3) is 3.93. The van der Waals surface area contributed by atoms with Crippen molar-refractivity contribution in [3.05, 3.63) is 89.6 Å². The molecule has 0 aliphatic heterocycles. The van der Waals surface area contributed by atoms with Crippen molar-refractivity contribution in [3.8, 4) is 21.8 Å². The van der Waals surface area contributed by atoms with Crippen molar-refractivity contribution in [1.82, 2.24) is 9.97 Å². The molecule has 2 aromatic carbocycles. The number of thiazole rings is 1. The van der Waals surface area contributed by atoms with Gasteiger partial charge in [0.15, 0.2) is 0 Å². The number of rotatable bonds is 4. The predicted molar refractivity (Wildman–Crippen MR) is 110 cm³/mol. The highest BCUT2D eigenvalue weighted by atomic mass is 32.1. The Morgan fingerprint density at radius 2 is 1.78 bits per heavy atom. The zero-order valence-electron chi connectivity index (χ0n) is 14.7. The first-order valence-corrected chi connectivity index (χ1v) is 9.41. The Labute approximate surface area is 161 Å². The van der Waals surface area contributed by atoms with E-state index in [1.807, 2.05) is 73.0 Å². The Hall–Kier alpha value is -3.31. The van der Waals surface area contributed by atoms with Gasteiger partial charge in [0, 0.05) is 40.2 Å². The number of aryl methyl sites for hydroxylation is 1. The smallest absolute Gasteiger partial charge is 0.255 e. The SMILES string of the molecule is Cc1cccc(C(=O)Nc2cccc(-c3csc(-c4ccncc4)n3)c2)c1. The van der Waals surface area contributed by atoms with E-state index in [1.54, 1.807) is 23.7 Å². The van der Waals surface area contributed by atoms with Crippen LogP contribution in [-0.2, 0) is 0 Å². The van der Waals surface area contributed by atoms with Crippen molar-refractivity contribution in [2.24, 2.45) is 0 Å².